The lowest BCUT2D eigenvalue weighted by Gasteiger charge is -2.37. The van der Waals surface area contributed by atoms with Crippen molar-refractivity contribution < 1.29 is 4.79 Å². The Hall–Kier alpha value is -1.79. The van der Waals surface area contributed by atoms with Crippen LogP contribution in [0.4, 0.5) is 5.69 Å². The van der Waals surface area contributed by atoms with Gasteiger partial charge in [0.15, 0.2) is 5.69 Å². The number of hydrogen-bond acceptors (Lipinski definition) is 5. The van der Waals surface area contributed by atoms with Crippen molar-refractivity contribution in [3.8, 4) is 0 Å². The van der Waals surface area contributed by atoms with Crippen LogP contribution in [0.25, 0.3) is 0 Å². The molecule has 0 bridgehead atoms. The second-order valence-electron chi connectivity index (χ2n) is 5.16. The molecular weight excluding hydrogens is 272 g/mol. The Kier molecular flexibility index (Phi) is 3.50. The molecule has 0 saturated carbocycles. The highest BCUT2D eigenvalue weighted by Crippen LogP contribution is 2.29. The summed E-state index contributed by atoms with van der Waals surface area (Å²) in [6.45, 7) is 0.681. The maximum atomic E-state index is 12.6. The van der Waals surface area contributed by atoms with Crippen LogP contribution in [-0.2, 0) is 6.42 Å². The zero-order valence-electron chi connectivity index (χ0n) is 11.5. The number of carbonyl (C=O) groups excluding carboxylic acids is 1. The van der Waals surface area contributed by atoms with E-state index in [1.54, 1.807) is 0 Å². The Morgan fingerprint density at radius 3 is 2.90 bits per heavy atom. The zero-order valence-corrected chi connectivity index (χ0v) is 12.3. The van der Waals surface area contributed by atoms with E-state index >= 15 is 0 Å². The van der Waals surface area contributed by atoms with Gasteiger partial charge in [0.1, 0.15) is 0 Å². The van der Waals surface area contributed by atoms with E-state index in [1.165, 1.54) is 11.8 Å². The van der Waals surface area contributed by atoms with Crippen molar-refractivity contribution in [2.75, 3.05) is 25.5 Å². The van der Waals surface area contributed by atoms with E-state index in [1.807, 2.05) is 37.2 Å². The quantitative estimate of drug-likeness (QED) is 0.843. The van der Waals surface area contributed by atoms with Crippen molar-refractivity contribution in [1.29, 1.82) is 0 Å². The van der Waals surface area contributed by atoms with Crippen LogP contribution in [0.15, 0.2) is 30.5 Å². The number of aromatic nitrogens is 2. The largest absolute Gasteiger partial charge is 0.305 e. The molecular formula is C14H16N4OS. The Morgan fingerprint density at radius 2 is 2.20 bits per heavy atom. The number of hydrogen-bond donors (Lipinski definition) is 0. The van der Waals surface area contributed by atoms with Crippen molar-refractivity contribution in [3.05, 3.63) is 41.7 Å². The molecule has 2 heterocycles. The number of fused-ring (bicyclic) bond motifs is 1. The van der Waals surface area contributed by atoms with Crippen molar-refractivity contribution in [2.24, 2.45) is 0 Å². The molecule has 0 unspecified atom stereocenters. The summed E-state index contributed by atoms with van der Waals surface area (Å²) in [5.41, 5.74) is 2.61. The molecule has 104 valence electrons. The van der Waals surface area contributed by atoms with E-state index in [0.717, 1.165) is 23.8 Å². The van der Waals surface area contributed by atoms with Crippen LogP contribution < -0.4 is 4.90 Å². The maximum Gasteiger partial charge on any atom is 0.279 e. The standard InChI is InChI=1S/C14H16N4OS/c1-17(2)11-7-10-5-3-4-6-13(10)18(9-11)14(19)12-8-15-20-16-12/h3-6,8,11H,7,9H2,1-2H3/t11-/m0/s1. The third kappa shape index (κ3) is 2.32. The molecule has 20 heavy (non-hydrogen) atoms. The third-order valence-corrected chi connectivity index (χ3v) is 4.17. The lowest BCUT2D eigenvalue weighted by molar-refractivity contribution is 0.0972. The average molecular weight is 288 g/mol. The molecule has 0 saturated heterocycles. The highest BCUT2D eigenvalue weighted by molar-refractivity contribution is 6.99. The summed E-state index contributed by atoms with van der Waals surface area (Å²) in [6.07, 6.45) is 2.50. The van der Waals surface area contributed by atoms with Crippen molar-refractivity contribution >= 4 is 23.3 Å². The van der Waals surface area contributed by atoms with E-state index in [2.05, 4.69) is 19.7 Å². The van der Waals surface area contributed by atoms with Crippen LogP contribution in [0.5, 0.6) is 0 Å². The fraction of sp³-hybridized carbons (Fsp3) is 0.357. The molecule has 0 aliphatic carbocycles. The monoisotopic (exact) mass is 288 g/mol. The normalized spacial score (nSPS) is 18.1. The van der Waals surface area contributed by atoms with Crippen LogP contribution in [0.3, 0.4) is 0 Å². The number of likely N-dealkylation sites (N-methyl/N-ethyl adjacent to an activating group) is 1. The summed E-state index contributed by atoms with van der Waals surface area (Å²) in [7, 11) is 4.09. The molecule has 1 aliphatic rings. The van der Waals surface area contributed by atoms with E-state index in [4.69, 9.17) is 0 Å². The summed E-state index contributed by atoms with van der Waals surface area (Å²) in [4.78, 5) is 16.6. The zero-order chi connectivity index (χ0) is 14.1. The molecule has 5 nitrogen and oxygen atoms in total. The SMILES string of the molecule is CN(C)[C@H]1Cc2ccccc2N(C(=O)c2cnsn2)C1. The summed E-state index contributed by atoms with van der Waals surface area (Å²) >= 11 is 1.06. The second kappa shape index (κ2) is 5.30. The summed E-state index contributed by atoms with van der Waals surface area (Å²) in [5.74, 6) is -0.0715. The van der Waals surface area contributed by atoms with Crippen molar-refractivity contribution in [3.63, 3.8) is 0 Å². The minimum Gasteiger partial charge on any atom is -0.305 e. The number of carbonyl (C=O) groups is 1. The molecule has 0 radical (unpaired) electrons. The number of nitrogens with zero attached hydrogens (tertiary/aromatic N) is 4. The second-order valence-corrected chi connectivity index (χ2v) is 5.72. The Labute approximate surface area is 122 Å². The Balaban J connectivity index is 1.99. The van der Waals surface area contributed by atoms with Crippen LogP contribution in [0.1, 0.15) is 16.1 Å². The van der Waals surface area contributed by atoms with E-state index < -0.39 is 0 Å². The van der Waals surface area contributed by atoms with Crippen molar-refractivity contribution in [2.45, 2.75) is 12.5 Å². The van der Waals surface area contributed by atoms with Gasteiger partial charge in [-0.25, -0.2) is 0 Å². The van der Waals surface area contributed by atoms with Crippen LogP contribution in [0.2, 0.25) is 0 Å². The van der Waals surface area contributed by atoms with Gasteiger partial charge >= 0.3 is 0 Å². The first-order valence-corrected chi connectivity index (χ1v) is 7.23. The summed E-state index contributed by atoms with van der Waals surface area (Å²) in [6, 6.07) is 8.39. The first kappa shape index (κ1) is 13.2. The molecule has 3 rings (SSSR count). The summed E-state index contributed by atoms with van der Waals surface area (Å²) < 4.78 is 7.98. The molecule has 1 atom stereocenters. The number of para-hydroxylation sites is 1. The van der Waals surface area contributed by atoms with Crippen LogP contribution in [-0.4, -0.2) is 46.2 Å². The van der Waals surface area contributed by atoms with Gasteiger partial charge in [0.05, 0.1) is 17.9 Å². The maximum absolute atomic E-state index is 12.6. The third-order valence-electron chi connectivity index (χ3n) is 3.69. The van der Waals surface area contributed by atoms with E-state index in [9.17, 15) is 4.79 Å². The smallest absolute Gasteiger partial charge is 0.279 e. The highest BCUT2D eigenvalue weighted by atomic mass is 32.1. The van der Waals surface area contributed by atoms with E-state index in [0.29, 0.717) is 18.3 Å². The molecule has 0 fully saturated rings. The lowest BCUT2D eigenvalue weighted by atomic mass is 9.97. The van der Waals surface area contributed by atoms with Gasteiger partial charge in [-0.3, -0.25) is 4.79 Å². The first-order valence-electron chi connectivity index (χ1n) is 6.50. The minimum absolute atomic E-state index is 0.0715. The Morgan fingerprint density at radius 1 is 1.40 bits per heavy atom. The predicted octanol–water partition coefficient (Wildman–Crippen LogP) is 1.67. The molecule has 2 aromatic rings. The number of benzene rings is 1. The minimum atomic E-state index is -0.0715. The van der Waals surface area contributed by atoms with Gasteiger partial charge in [0.2, 0.25) is 0 Å². The summed E-state index contributed by atoms with van der Waals surface area (Å²) in [5, 5.41) is 0. The van der Waals surface area contributed by atoms with Gasteiger partial charge in [-0.1, -0.05) is 18.2 Å². The molecule has 1 aromatic heterocycles. The van der Waals surface area contributed by atoms with Gasteiger partial charge in [0.25, 0.3) is 5.91 Å². The topological polar surface area (TPSA) is 49.3 Å². The molecule has 1 aromatic carbocycles. The van der Waals surface area contributed by atoms with Gasteiger partial charge in [-0.05, 0) is 32.1 Å². The Bertz CT molecular complexity index is 611. The van der Waals surface area contributed by atoms with Gasteiger partial charge in [0, 0.05) is 18.3 Å². The highest BCUT2D eigenvalue weighted by Gasteiger charge is 2.30. The van der Waals surface area contributed by atoms with Crippen molar-refractivity contribution in [1.82, 2.24) is 13.6 Å². The number of anilines is 1. The van der Waals surface area contributed by atoms with Gasteiger partial charge in [-0.2, -0.15) is 8.75 Å². The number of rotatable bonds is 2. The fourth-order valence-corrected chi connectivity index (χ4v) is 2.92. The molecule has 1 aliphatic heterocycles. The fourth-order valence-electron chi connectivity index (χ4n) is 2.51. The van der Waals surface area contributed by atoms with Crippen LogP contribution >= 0.6 is 11.7 Å². The molecule has 1 amide bonds. The van der Waals surface area contributed by atoms with Crippen LogP contribution in [0, 0.1) is 0 Å². The first-order chi connectivity index (χ1) is 9.66. The average Bonchev–Trinajstić information content (AvgIpc) is 2.99. The van der Waals surface area contributed by atoms with E-state index in [-0.39, 0.29) is 5.91 Å². The predicted molar refractivity (Wildman–Crippen MR) is 79.2 cm³/mol. The van der Waals surface area contributed by atoms with Gasteiger partial charge in [-0.15, -0.1) is 0 Å². The molecule has 0 spiro atoms. The van der Waals surface area contributed by atoms with Gasteiger partial charge < -0.3 is 9.80 Å². The lowest BCUT2D eigenvalue weighted by Crippen LogP contribution is -2.48. The molecule has 0 N–H and O–H groups in total. The molecule has 6 heteroatoms. The number of amides is 1.